The van der Waals surface area contributed by atoms with Crippen LogP contribution in [0.25, 0.3) is 0 Å². The maximum absolute atomic E-state index is 11.0. The number of rotatable bonds is 6. The minimum atomic E-state index is -4.16. The largest absolute Gasteiger partial charge is 0.480 e. The molecule has 0 amide bonds. The fourth-order valence-corrected chi connectivity index (χ4v) is 1.98. The first-order chi connectivity index (χ1) is 8.29. The minimum Gasteiger partial charge on any atom is -0.480 e. The van der Waals surface area contributed by atoms with Gasteiger partial charge in [0.25, 0.3) is 10.1 Å². The zero-order valence-corrected chi connectivity index (χ0v) is 10.6. The predicted octanol–water partition coefficient (Wildman–Crippen LogP) is 1.14. The summed E-state index contributed by atoms with van der Waals surface area (Å²) in [5.41, 5.74) is 1.48. The average molecular weight is 273 g/mol. The SMILES string of the molecule is Cc1ccccc1NC(CCS(=O)(=O)O)C(=O)O. The first-order valence-electron chi connectivity index (χ1n) is 5.30. The molecule has 1 atom stereocenters. The molecule has 0 spiro atoms. The Morgan fingerprint density at radius 2 is 2.00 bits per heavy atom. The summed E-state index contributed by atoms with van der Waals surface area (Å²) in [5.74, 6) is -1.76. The maximum atomic E-state index is 11.0. The Morgan fingerprint density at radius 1 is 1.39 bits per heavy atom. The lowest BCUT2D eigenvalue weighted by Crippen LogP contribution is -2.31. The van der Waals surface area contributed by atoms with Crippen LogP contribution in [0.2, 0.25) is 0 Å². The molecule has 0 bridgehead atoms. The topological polar surface area (TPSA) is 104 Å². The summed E-state index contributed by atoms with van der Waals surface area (Å²) in [6, 6.07) is 6.02. The van der Waals surface area contributed by atoms with Gasteiger partial charge in [0.1, 0.15) is 6.04 Å². The van der Waals surface area contributed by atoms with E-state index in [1.807, 2.05) is 19.1 Å². The van der Waals surface area contributed by atoms with Crippen LogP contribution in [-0.2, 0) is 14.9 Å². The quantitative estimate of drug-likeness (QED) is 0.671. The van der Waals surface area contributed by atoms with Crippen molar-refractivity contribution in [3.05, 3.63) is 29.8 Å². The summed E-state index contributed by atoms with van der Waals surface area (Å²) < 4.78 is 29.8. The molecular formula is C11H15NO5S. The van der Waals surface area contributed by atoms with Crippen LogP contribution >= 0.6 is 0 Å². The van der Waals surface area contributed by atoms with Gasteiger partial charge in [0.2, 0.25) is 0 Å². The molecule has 100 valence electrons. The number of benzene rings is 1. The van der Waals surface area contributed by atoms with Crippen LogP contribution in [0.15, 0.2) is 24.3 Å². The van der Waals surface area contributed by atoms with Gasteiger partial charge in [0.05, 0.1) is 5.75 Å². The third kappa shape index (κ3) is 4.72. The second-order valence-electron chi connectivity index (χ2n) is 3.92. The van der Waals surface area contributed by atoms with Crippen molar-refractivity contribution in [3.63, 3.8) is 0 Å². The van der Waals surface area contributed by atoms with Gasteiger partial charge in [-0.25, -0.2) is 4.79 Å². The van der Waals surface area contributed by atoms with Crippen LogP contribution in [0.4, 0.5) is 5.69 Å². The van der Waals surface area contributed by atoms with E-state index in [0.29, 0.717) is 5.69 Å². The fourth-order valence-electron chi connectivity index (χ4n) is 1.45. The molecule has 0 heterocycles. The third-order valence-electron chi connectivity index (χ3n) is 2.44. The number of nitrogens with one attached hydrogen (secondary N) is 1. The molecule has 0 fully saturated rings. The van der Waals surface area contributed by atoms with Crippen molar-refractivity contribution in [2.45, 2.75) is 19.4 Å². The van der Waals surface area contributed by atoms with Gasteiger partial charge in [0, 0.05) is 5.69 Å². The van der Waals surface area contributed by atoms with Crippen LogP contribution in [0.3, 0.4) is 0 Å². The Morgan fingerprint density at radius 3 is 2.50 bits per heavy atom. The van der Waals surface area contributed by atoms with E-state index in [0.717, 1.165) is 5.56 Å². The summed E-state index contributed by atoms with van der Waals surface area (Å²) in [7, 11) is -4.16. The van der Waals surface area contributed by atoms with Crippen molar-refractivity contribution < 1.29 is 22.9 Å². The molecule has 1 aromatic carbocycles. The molecule has 0 aliphatic carbocycles. The number of hydrogen-bond donors (Lipinski definition) is 3. The number of para-hydroxylation sites is 1. The highest BCUT2D eigenvalue weighted by Gasteiger charge is 2.20. The zero-order valence-electron chi connectivity index (χ0n) is 9.83. The van der Waals surface area contributed by atoms with E-state index in [4.69, 9.17) is 9.66 Å². The molecule has 1 aromatic rings. The molecule has 0 aliphatic heterocycles. The Hall–Kier alpha value is -1.60. The molecule has 0 saturated heterocycles. The number of aliphatic carboxylic acids is 1. The molecule has 0 saturated carbocycles. The molecule has 0 aromatic heterocycles. The number of carbonyl (C=O) groups is 1. The molecule has 0 aliphatic rings. The van der Waals surface area contributed by atoms with Crippen molar-refractivity contribution in [1.82, 2.24) is 0 Å². The van der Waals surface area contributed by atoms with E-state index < -0.39 is 27.9 Å². The van der Waals surface area contributed by atoms with Crippen LogP contribution in [0.1, 0.15) is 12.0 Å². The van der Waals surface area contributed by atoms with Crippen molar-refractivity contribution in [3.8, 4) is 0 Å². The Bertz CT molecular complexity index is 526. The maximum Gasteiger partial charge on any atom is 0.326 e. The molecule has 0 radical (unpaired) electrons. The van der Waals surface area contributed by atoms with Crippen molar-refractivity contribution in [2.75, 3.05) is 11.1 Å². The van der Waals surface area contributed by atoms with Gasteiger partial charge in [-0.05, 0) is 25.0 Å². The number of carboxylic acids is 1. The summed E-state index contributed by atoms with van der Waals surface area (Å²) in [6.07, 6.45) is -0.206. The van der Waals surface area contributed by atoms with Crippen LogP contribution < -0.4 is 5.32 Å². The van der Waals surface area contributed by atoms with E-state index in [1.54, 1.807) is 12.1 Å². The Kier molecular flexibility index (Phi) is 4.69. The fraction of sp³-hybridized carbons (Fsp3) is 0.364. The van der Waals surface area contributed by atoms with Crippen LogP contribution in [-0.4, -0.2) is 35.8 Å². The van der Waals surface area contributed by atoms with Gasteiger partial charge in [-0.1, -0.05) is 18.2 Å². The summed E-state index contributed by atoms with van der Waals surface area (Å²) in [5, 5.41) is 11.7. The van der Waals surface area contributed by atoms with E-state index in [-0.39, 0.29) is 6.42 Å². The van der Waals surface area contributed by atoms with E-state index >= 15 is 0 Å². The summed E-state index contributed by atoms with van der Waals surface area (Å²) >= 11 is 0. The lowest BCUT2D eigenvalue weighted by molar-refractivity contribution is -0.137. The van der Waals surface area contributed by atoms with Gasteiger partial charge in [-0.2, -0.15) is 8.42 Å². The number of hydrogen-bond acceptors (Lipinski definition) is 4. The molecule has 1 rings (SSSR count). The molecule has 18 heavy (non-hydrogen) atoms. The highest BCUT2D eigenvalue weighted by molar-refractivity contribution is 7.85. The molecule has 6 nitrogen and oxygen atoms in total. The average Bonchev–Trinajstić information content (AvgIpc) is 2.24. The highest BCUT2D eigenvalue weighted by Crippen LogP contribution is 2.15. The third-order valence-corrected chi connectivity index (χ3v) is 3.19. The lowest BCUT2D eigenvalue weighted by Gasteiger charge is -2.16. The molecular weight excluding hydrogens is 258 g/mol. The molecule has 3 N–H and O–H groups in total. The van der Waals surface area contributed by atoms with Crippen LogP contribution in [0.5, 0.6) is 0 Å². The second kappa shape index (κ2) is 5.83. The van der Waals surface area contributed by atoms with Crippen molar-refractivity contribution in [2.24, 2.45) is 0 Å². The molecule has 1 unspecified atom stereocenters. The van der Waals surface area contributed by atoms with Crippen molar-refractivity contribution >= 4 is 21.8 Å². The van der Waals surface area contributed by atoms with Gasteiger partial charge in [-0.15, -0.1) is 0 Å². The first-order valence-corrected chi connectivity index (χ1v) is 6.90. The van der Waals surface area contributed by atoms with E-state index in [2.05, 4.69) is 5.32 Å². The number of carboxylic acid groups (broad SMARTS) is 1. The van der Waals surface area contributed by atoms with Crippen LogP contribution in [0, 0.1) is 6.92 Å². The second-order valence-corrected chi connectivity index (χ2v) is 5.50. The summed E-state index contributed by atoms with van der Waals surface area (Å²) in [6.45, 7) is 1.81. The zero-order chi connectivity index (χ0) is 13.8. The highest BCUT2D eigenvalue weighted by atomic mass is 32.2. The van der Waals surface area contributed by atoms with E-state index in [1.165, 1.54) is 0 Å². The lowest BCUT2D eigenvalue weighted by atomic mass is 10.1. The minimum absolute atomic E-state index is 0.206. The summed E-state index contributed by atoms with van der Waals surface area (Å²) in [4.78, 5) is 11.0. The van der Waals surface area contributed by atoms with E-state index in [9.17, 15) is 13.2 Å². The van der Waals surface area contributed by atoms with Gasteiger partial charge < -0.3 is 10.4 Å². The Balaban J connectivity index is 2.76. The Labute approximate surface area is 105 Å². The van der Waals surface area contributed by atoms with Gasteiger partial charge in [0.15, 0.2) is 0 Å². The number of anilines is 1. The monoisotopic (exact) mass is 273 g/mol. The normalized spacial score (nSPS) is 13.0. The smallest absolute Gasteiger partial charge is 0.326 e. The predicted molar refractivity (Wildman–Crippen MR) is 67.3 cm³/mol. The van der Waals surface area contributed by atoms with Crippen molar-refractivity contribution in [1.29, 1.82) is 0 Å². The van der Waals surface area contributed by atoms with Gasteiger partial charge in [-0.3, -0.25) is 4.55 Å². The standard InChI is InChI=1S/C11H15NO5S/c1-8-4-2-3-5-9(8)12-10(11(13)14)6-7-18(15,16)17/h2-5,10,12H,6-7H2,1H3,(H,13,14)(H,15,16,17). The molecule has 7 heteroatoms. The number of aryl methyl sites for hydroxylation is 1. The first kappa shape index (κ1) is 14.5. The van der Waals surface area contributed by atoms with Gasteiger partial charge >= 0.3 is 5.97 Å².